The minimum atomic E-state index is -0.265. The quantitative estimate of drug-likeness (QED) is 0.845. The van der Waals surface area contributed by atoms with Gasteiger partial charge >= 0.3 is 0 Å². The Morgan fingerprint density at radius 3 is 2.86 bits per heavy atom. The molecule has 1 unspecified atom stereocenters. The molecule has 0 aliphatic rings. The van der Waals surface area contributed by atoms with Gasteiger partial charge in [0.25, 0.3) is 0 Å². The number of nitrogens with one attached hydrogen (secondary N) is 1. The predicted molar refractivity (Wildman–Crippen MR) is 78.1 cm³/mol. The van der Waals surface area contributed by atoms with E-state index < -0.39 is 0 Å². The number of halogens is 1. The Bertz CT molecular complexity index is 587. The Kier molecular flexibility index (Phi) is 4.99. The summed E-state index contributed by atoms with van der Waals surface area (Å²) in [5.41, 5.74) is 6.35. The number of aryl methyl sites for hydroxylation is 1. The lowest BCUT2D eigenvalue weighted by atomic mass is 10.2. The van der Waals surface area contributed by atoms with E-state index in [2.05, 4.69) is 20.3 Å². The fraction of sp³-hybridized carbons (Fsp3) is 0.357. The van der Waals surface area contributed by atoms with E-state index in [1.54, 1.807) is 13.0 Å². The monoisotopic (exact) mass is 291 g/mol. The Morgan fingerprint density at radius 1 is 1.33 bits per heavy atom. The second kappa shape index (κ2) is 6.94. The average Bonchev–Trinajstić information content (AvgIpc) is 2.37. The minimum absolute atomic E-state index is 0.0141. The van der Waals surface area contributed by atoms with E-state index in [1.165, 1.54) is 12.1 Å². The van der Waals surface area contributed by atoms with Crippen molar-refractivity contribution in [3.8, 4) is 0 Å². The van der Waals surface area contributed by atoms with Crippen molar-refractivity contribution in [2.45, 2.75) is 26.5 Å². The first-order valence-corrected chi connectivity index (χ1v) is 6.60. The van der Waals surface area contributed by atoms with Gasteiger partial charge in [-0.15, -0.1) is 0 Å². The molecule has 112 valence electrons. The predicted octanol–water partition coefficient (Wildman–Crippen LogP) is 1.92. The highest BCUT2D eigenvalue weighted by Crippen LogP contribution is 2.07. The number of hydrogen-bond acceptors (Lipinski definition) is 6. The number of hydrogen-bond donors (Lipinski definition) is 2. The highest BCUT2D eigenvalue weighted by atomic mass is 19.1. The standard InChI is InChI=1S/C14H18FN5O/c1-9(17-14-19-10(2)18-13(16)20-14)7-21-8-11-4-3-5-12(15)6-11/h3-6,9H,7-8H2,1-2H3,(H3,16,17,18,19,20). The number of rotatable bonds is 6. The number of nitrogen functional groups attached to an aromatic ring is 1. The first kappa shape index (κ1) is 15.1. The second-order valence-electron chi connectivity index (χ2n) is 4.75. The molecule has 0 saturated carbocycles. The Hall–Kier alpha value is -2.28. The lowest BCUT2D eigenvalue weighted by Gasteiger charge is -2.14. The van der Waals surface area contributed by atoms with Gasteiger partial charge in [-0.1, -0.05) is 12.1 Å². The number of ether oxygens (including phenoxy) is 1. The summed E-state index contributed by atoms with van der Waals surface area (Å²) in [7, 11) is 0. The molecular weight excluding hydrogens is 273 g/mol. The van der Waals surface area contributed by atoms with Gasteiger partial charge in [-0.25, -0.2) is 4.39 Å². The first-order chi connectivity index (χ1) is 10.0. The molecule has 1 heterocycles. The van der Waals surface area contributed by atoms with Crippen LogP contribution in [0.3, 0.4) is 0 Å². The van der Waals surface area contributed by atoms with Crippen LogP contribution in [0.25, 0.3) is 0 Å². The lowest BCUT2D eigenvalue weighted by Crippen LogP contribution is -2.23. The Labute approximate surface area is 122 Å². The molecule has 0 fully saturated rings. The summed E-state index contributed by atoms with van der Waals surface area (Å²) < 4.78 is 18.6. The highest BCUT2D eigenvalue weighted by Gasteiger charge is 2.06. The number of aromatic nitrogens is 3. The number of benzene rings is 1. The van der Waals surface area contributed by atoms with Crippen LogP contribution in [0.4, 0.5) is 16.3 Å². The lowest BCUT2D eigenvalue weighted by molar-refractivity contribution is 0.115. The Morgan fingerprint density at radius 2 is 2.14 bits per heavy atom. The van der Waals surface area contributed by atoms with Gasteiger partial charge in [0.2, 0.25) is 11.9 Å². The summed E-state index contributed by atoms with van der Waals surface area (Å²) in [5, 5.41) is 3.08. The number of nitrogens with zero attached hydrogens (tertiary/aromatic N) is 3. The van der Waals surface area contributed by atoms with E-state index in [9.17, 15) is 4.39 Å². The largest absolute Gasteiger partial charge is 0.375 e. The van der Waals surface area contributed by atoms with E-state index in [-0.39, 0.29) is 17.8 Å². The molecule has 0 bridgehead atoms. The van der Waals surface area contributed by atoms with Gasteiger partial charge in [0.1, 0.15) is 11.6 Å². The molecule has 0 aliphatic heterocycles. The maximum Gasteiger partial charge on any atom is 0.228 e. The topological polar surface area (TPSA) is 86.0 Å². The Balaban J connectivity index is 1.80. The summed E-state index contributed by atoms with van der Waals surface area (Å²) in [6.45, 7) is 4.46. The van der Waals surface area contributed by atoms with Crippen molar-refractivity contribution in [3.05, 3.63) is 41.5 Å². The summed E-state index contributed by atoms with van der Waals surface area (Å²) >= 11 is 0. The molecule has 21 heavy (non-hydrogen) atoms. The molecule has 0 spiro atoms. The van der Waals surface area contributed by atoms with Crippen LogP contribution in [0.5, 0.6) is 0 Å². The van der Waals surface area contributed by atoms with Crippen LogP contribution in [-0.4, -0.2) is 27.6 Å². The van der Waals surface area contributed by atoms with E-state index >= 15 is 0 Å². The van der Waals surface area contributed by atoms with E-state index in [4.69, 9.17) is 10.5 Å². The zero-order valence-electron chi connectivity index (χ0n) is 12.0. The van der Waals surface area contributed by atoms with Crippen molar-refractivity contribution in [3.63, 3.8) is 0 Å². The zero-order chi connectivity index (χ0) is 15.2. The molecule has 6 nitrogen and oxygen atoms in total. The normalized spacial score (nSPS) is 12.1. The first-order valence-electron chi connectivity index (χ1n) is 6.60. The maximum absolute atomic E-state index is 13.0. The van der Waals surface area contributed by atoms with Crippen LogP contribution >= 0.6 is 0 Å². The molecule has 3 N–H and O–H groups in total. The van der Waals surface area contributed by atoms with Gasteiger partial charge in [-0.05, 0) is 31.5 Å². The van der Waals surface area contributed by atoms with Crippen molar-refractivity contribution in [1.29, 1.82) is 0 Å². The zero-order valence-corrected chi connectivity index (χ0v) is 12.0. The van der Waals surface area contributed by atoms with Crippen LogP contribution in [0.15, 0.2) is 24.3 Å². The third-order valence-corrected chi connectivity index (χ3v) is 2.67. The highest BCUT2D eigenvalue weighted by molar-refractivity contribution is 5.31. The molecule has 0 radical (unpaired) electrons. The van der Waals surface area contributed by atoms with Gasteiger partial charge in [0, 0.05) is 6.04 Å². The van der Waals surface area contributed by atoms with Crippen LogP contribution in [0.2, 0.25) is 0 Å². The van der Waals surface area contributed by atoms with Gasteiger partial charge in [0.15, 0.2) is 0 Å². The molecule has 0 amide bonds. The van der Waals surface area contributed by atoms with Crippen LogP contribution in [-0.2, 0) is 11.3 Å². The van der Waals surface area contributed by atoms with Gasteiger partial charge in [0.05, 0.1) is 13.2 Å². The summed E-state index contributed by atoms with van der Waals surface area (Å²) in [6, 6.07) is 6.32. The molecule has 1 atom stereocenters. The molecular formula is C14H18FN5O. The molecule has 2 rings (SSSR count). The van der Waals surface area contributed by atoms with E-state index in [0.29, 0.717) is 25.0 Å². The fourth-order valence-electron chi connectivity index (χ4n) is 1.81. The molecule has 7 heteroatoms. The molecule has 1 aromatic carbocycles. The van der Waals surface area contributed by atoms with Crippen LogP contribution < -0.4 is 11.1 Å². The van der Waals surface area contributed by atoms with E-state index in [0.717, 1.165) is 5.56 Å². The summed E-state index contributed by atoms with van der Waals surface area (Å²) in [4.78, 5) is 12.0. The molecule has 0 saturated heterocycles. The van der Waals surface area contributed by atoms with Gasteiger partial charge in [-0.2, -0.15) is 15.0 Å². The SMILES string of the molecule is Cc1nc(N)nc(NC(C)COCc2cccc(F)c2)n1. The minimum Gasteiger partial charge on any atom is -0.375 e. The number of anilines is 2. The van der Waals surface area contributed by atoms with Gasteiger partial charge < -0.3 is 15.8 Å². The average molecular weight is 291 g/mol. The van der Waals surface area contributed by atoms with Crippen LogP contribution in [0.1, 0.15) is 18.3 Å². The fourth-order valence-corrected chi connectivity index (χ4v) is 1.81. The summed E-state index contributed by atoms with van der Waals surface area (Å²) in [6.07, 6.45) is 0. The third-order valence-electron chi connectivity index (χ3n) is 2.67. The van der Waals surface area contributed by atoms with Crippen LogP contribution in [0, 0.1) is 12.7 Å². The van der Waals surface area contributed by atoms with Crippen molar-refractivity contribution >= 4 is 11.9 Å². The van der Waals surface area contributed by atoms with Gasteiger partial charge in [-0.3, -0.25) is 0 Å². The smallest absolute Gasteiger partial charge is 0.228 e. The van der Waals surface area contributed by atoms with E-state index in [1.807, 2.05) is 13.0 Å². The molecule has 1 aromatic heterocycles. The third kappa shape index (κ3) is 4.96. The maximum atomic E-state index is 13.0. The second-order valence-corrected chi connectivity index (χ2v) is 4.75. The van der Waals surface area contributed by atoms with Crippen molar-refractivity contribution in [2.24, 2.45) is 0 Å². The van der Waals surface area contributed by atoms with Crippen molar-refractivity contribution < 1.29 is 9.13 Å². The molecule has 2 aromatic rings. The number of nitrogens with two attached hydrogens (primary N) is 1. The molecule has 0 aliphatic carbocycles. The van der Waals surface area contributed by atoms with Crippen molar-refractivity contribution in [1.82, 2.24) is 15.0 Å². The summed E-state index contributed by atoms with van der Waals surface area (Å²) in [5.74, 6) is 0.885. The van der Waals surface area contributed by atoms with Crippen molar-refractivity contribution in [2.75, 3.05) is 17.7 Å².